The molecule has 0 amide bonds. The van der Waals surface area contributed by atoms with E-state index in [0.717, 1.165) is 31.6 Å². The zero-order chi connectivity index (χ0) is 18.6. The summed E-state index contributed by atoms with van der Waals surface area (Å²) in [5, 5.41) is 0. The molecule has 2 aromatic rings. The molecule has 0 bridgehead atoms. The zero-order valence-electron chi connectivity index (χ0n) is 16.0. The van der Waals surface area contributed by atoms with Crippen molar-refractivity contribution in [3.8, 4) is 11.5 Å². The lowest BCUT2D eigenvalue weighted by Crippen LogP contribution is -2.08. The number of carbonyl (C=O) groups excluding carboxylic acids is 1. The molecule has 0 unspecified atom stereocenters. The summed E-state index contributed by atoms with van der Waals surface area (Å²) in [6.07, 6.45) is 8.12. The molecular weight excluding hydrogens is 324 g/mol. The van der Waals surface area contributed by atoms with Gasteiger partial charge in [-0.25, -0.2) is 4.79 Å². The third-order valence-electron chi connectivity index (χ3n) is 4.31. The van der Waals surface area contributed by atoms with Gasteiger partial charge in [-0.2, -0.15) is 0 Å². The minimum atomic E-state index is -0.333. The summed E-state index contributed by atoms with van der Waals surface area (Å²) in [5.74, 6) is 1.00. The van der Waals surface area contributed by atoms with E-state index in [2.05, 4.69) is 13.8 Å². The highest BCUT2D eigenvalue weighted by Gasteiger charge is 2.08. The second-order valence-corrected chi connectivity index (χ2v) is 6.57. The predicted molar refractivity (Wildman–Crippen MR) is 106 cm³/mol. The third kappa shape index (κ3) is 6.91. The molecule has 26 heavy (non-hydrogen) atoms. The van der Waals surface area contributed by atoms with Crippen LogP contribution in [-0.2, 0) is 6.42 Å². The highest BCUT2D eigenvalue weighted by atomic mass is 16.5. The summed E-state index contributed by atoms with van der Waals surface area (Å²) in [5.41, 5.74) is 1.82. The van der Waals surface area contributed by atoms with Gasteiger partial charge in [0.25, 0.3) is 0 Å². The van der Waals surface area contributed by atoms with Crippen molar-refractivity contribution < 1.29 is 14.3 Å². The average molecular weight is 354 g/mol. The van der Waals surface area contributed by atoms with Crippen molar-refractivity contribution in [2.45, 2.75) is 58.8 Å². The first-order valence-electron chi connectivity index (χ1n) is 9.77. The zero-order valence-corrected chi connectivity index (χ0v) is 16.0. The number of hydrogen-bond donors (Lipinski definition) is 0. The summed E-state index contributed by atoms with van der Waals surface area (Å²) in [6.45, 7) is 5.10. The topological polar surface area (TPSA) is 35.5 Å². The Kier molecular flexibility index (Phi) is 8.74. The first-order chi connectivity index (χ1) is 12.7. The van der Waals surface area contributed by atoms with Crippen LogP contribution in [0.4, 0.5) is 0 Å². The van der Waals surface area contributed by atoms with Crippen LogP contribution >= 0.6 is 0 Å². The van der Waals surface area contributed by atoms with Crippen molar-refractivity contribution >= 4 is 5.97 Å². The van der Waals surface area contributed by atoms with Crippen molar-refractivity contribution in [2.75, 3.05) is 6.61 Å². The molecule has 0 aliphatic heterocycles. The molecular formula is C23H30O3. The molecule has 0 saturated heterocycles. The molecule has 0 radical (unpaired) electrons. The van der Waals surface area contributed by atoms with Crippen LogP contribution in [0.2, 0.25) is 0 Å². The molecule has 3 heteroatoms. The minimum Gasteiger partial charge on any atom is -0.494 e. The SMILES string of the molecule is CCCCCCOc1ccc(OC(=O)c2ccc(CCCC)cc2)cc1. The van der Waals surface area contributed by atoms with Crippen molar-refractivity contribution in [1.29, 1.82) is 0 Å². The van der Waals surface area contributed by atoms with Crippen LogP contribution in [-0.4, -0.2) is 12.6 Å². The van der Waals surface area contributed by atoms with Crippen LogP contribution in [0.25, 0.3) is 0 Å². The molecule has 0 atom stereocenters. The predicted octanol–water partition coefficient (Wildman–Crippen LogP) is 6.21. The van der Waals surface area contributed by atoms with E-state index in [1.807, 2.05) is 36.4 Å². The number of rotatable bonds is 11. The number of esters is 1. The van der Waals surface area contributed by atoms with Crippen LogP contribution in [0.3, 0.4) is 0 Å². The van der Waals surface area contributed by atoms with Gasteiger partial charge in [0.15, 0.2) is 0 Å². The van der Waals surface area contributed by atoms with Gasteiger partial charge in [0, 0.05) is 0 Å². The van der Waals surface area contributed by atoms with Gasteiger partial charge in [0.1, 0.15) is 11.5 Å². The average Bonchev–Trinajstić information content (AvgIpc) is 2.68. The van der Waals surface area contributed by atoms with E-state index >= 15 is 0 Å². The summed E-state index contributed by atoms with van der Waals surface area (Å²) in [6, 6.07) is 14.9. The van der Waals surface area contributed by atoms with Crippen molar-refractivity contribution in [1.82, 2.24) is 0 Å². The molecule has 140 valence electrons. The Morgan fingerprint density at radius 1 is 0.769 bits per heavy atom. The highest BCUT2D eigenvalue weighted by Crippen LogP contribution is 2.19. The smallest absolute Gasteiger partial charge is 0.343 e. The molecule has 0 fully saturated rings. The van der Waals surface area contributed by atoms with Gasteiger partial charge in [-0.15, -0.1) is 0 Å². The molecule has 0 saturated carbocycles. The molecule has 0 aliphatic rings. The van der Waals surface area contributed by atoms with E-state index in [0.29, 0.717) is 11.3 Å². The van der Waals surface area contributed by atoms with Gasteiger partial charge in [-0.3, -0.25) is 0 Å². The number of ether oxygens (including phenoxy) is 2. The van der Waals surface area contributed by atoms with Crippen LogP contribution in [0.5, 0.6) is 11.5 Å². The monoisotopic (exact) mass is 354 g/mol. The second kappa shape index (κ2) is 11.3. The number of carbonyl (C=O) groups is 1. The number of hydrogen-bond acceptors (Lipinski definition) is 3. The normalized spacial score (nSPS) is 10.5. The van der Waals surface area contributed by atoms with E-state index in [1.165, 1.54) is 31.2 Å². The minimum absolute atomic E-state index is 0.333. The van der Waals surface area contributed by atoms with E-state index < -0.39 is 0 Å². The molecule has 0 N–H and O–H groups in total. The van der Waals surface area contributed by atoms with Crippen molar-refractivity contribution in [2.24, 2.45) is 0 Å². The molecule has 0 spiro atoms. The largest absolute Gasteiger partial charge is 0.494 e. The summed E-state index contributed by atoms with van der Waals surface area (Å²) >= 11 is 0. The van der Waals surface area contributed by atoms with Gasteiger partial charge >= 0.3 is 5.97 Å². The number of benzene rings is 2. The standard InChI is InChI=1S/C23H30O3/c1-3-5-7-8-18-25-21-14-16-22(17-15-21)26-23(24)20-12-10-19(11-13-20)9-6-4-2/h10-17H,3-9,18H2,1-2H3. The summed E-state index contributed by atoms with van der Waals surface area (Å²) in [4.78, 5) is 12.2. The quantitative estimate of drug-likeness (QED) is 0.273. The molecule has 2 rings (SSSR count). The Hall–Kier alpha value is -2.29. The first kappa shape index (κ1) is 20.0. The Bertz CT molecular complexity index is 644. The Morgan fingerprint density at radius 3 is 2.08 bits per heavy atom. The highest BCUT2D eigenvalue weighted by molar-refractivity contribution is 5.91. The van der Waals surface area contributed by atoms with Crippen molar-refractivity contribution in [3.63, 3.8) is 0 Å². The van der Waals surface area contributed by atoms with Gasteiger partial charge in [-0.05, 0) is 61.2 Å². The van der Waals surface area contributed by atoms with Gasteiger partial charge in [0.2, 0.25) is 0 Å². The molecule has 0 aromatic heterocycles. The van der Waals surface area contributed by atoms with Crippen LogP contribution < -0.4 is 9.47 Å². The van der Waals surface area contributed by atoms with E-state index in [-0.39, 0.29) is 5.97 Å². The van der Waals surface area contributed by atoms with E-state index in [9.17, 15) is 4.79 Å². The lowest BCUT2D eigenvalue weighted by atomic mass is 10.1. The van der Waals surface area contributed by atoms with Gasteiger partial charge in [0.05, 0.1) is 12.2 Å². The van der Waals surface area contributed by atoms with Gasteiger partial charge in [-0.1, -0.05) is 51.7 Å². The molecule has 3 nitrogen and oxygen atoms in total. The lowest BCUT2D eigenvalue weighted by molar-refractivity contribution is 0.0734. The number of aryl methyl sites for hydroxylation is 1. The summed E-state index contributed by atoms with van der Waals surface area (Å²) < 4.78 is 11.1. The molecule has 2 aromatic carbocycles. The van der Waals surface area contributed by atoms with Gasteiger partial charge < -0.3 is 9.47 Å². The fraction of sp³-hybridized carbons (Fsp3) is 0.435. The fourth-order valence-electron chi connectivity index (χ4n) is 2.68. The van der Waals surface area contributed by atoms with Crippen LogP contribution in [0.15, 0.2) is 48.5 Å². The van der Waals surface area contributed by atoms with Crippen LogP contribution in [0, 0.1) is 0 Å². The second-order valence-electron chi connectivity index (χ2n) is 6.57. The van der Waals surface area contributed by atoms with Crippen molar-refractivity contribution in [3.05, 3.63) is 59.7 Å². The maximum absolute atomic E-state index is 12.2. The maximum atomic E-state index is 12.2. The fourth-order valence-corrected chi connectivity index (χ4v) is 2.68. The summed E-state index contributed by atoms with van der Waals surface area (Å²) in [7, 11) is 0. The van der Waals surface area contributed by atoms with E-state index in [4.69, 9.17) is 9.47 Å². The first-order valence-corrected chi connectivity index (χ1v) is 9.77. The van der Waals surface area contributed by atoms with Crippen LogP contribution in [0.1, 0.15) is 68.3 Å². The molecule has 0 heterocycles. The Morgan fingerprint density at radius 2 is 1.42 bits per heavy atom. The lowest BCUT2D eigenvalue weighted by Gasteiger charge is -2.08. The maximum Gasteiger partial charge on any atom is 0.343 e. The van der Waals surface area contributed by atoms with E-state index in [1.54, 1.807) is 12.1 Å². The number of unbranched alkanes of at least 4 members (excludes halogenated alkanes) is 4. The Labute approximate surface area is 157 Å². The third-order valence-corrected chi connectivity index (χ3v) is 4.31. The molecule has 0 aliphatic carbocycles. The Balaban J connectivity index is 1.81.